The Morgan fingerprint density at radius 2 is 0.800 bits per heavy atom. The molecule has 0 spiro atoms. The van der Waals surface area contributed by atoms with E-state index in [0.29, 0.717) is 0 Å². The van der Waals surface area contributed by atoms with Crippen LogP contribution >= 0.6 is 0 Å². The molecule has 4 heteroatoms. The van der Waals surface area contributed by atoms with Crippen LogP contribution in [-0.2, 0) is 0 Å². The quantitative estimate of drug-likeness (QED) is 0.658. The molecule has 2 saturated heterocycles. The van der Waals surface area contributed by atoms with Gasteiger partial charge in [0, 0.05) is 26.2 Å². The minimum absolute atomic E-state index is 1.23. The zero-order chi connectivity index (χ0) is 14.2. The van der Waals surface area contributed by atoms with Crippen LogP contribution in [0.2, 0.25) is 0 Å². The molecule has 20 heavy (non-hydrogen) atoms. The summed E-state index contributed by atoms with van der Waals surface area (Å²) in [7, 11) is 4.56. The molecule has 0 saturated carbocycles. The Labute approximate surface area is 125 Å². The largest absolute Gasteiger partial charge is 0.306 e. The Bertz CT molecular complexity index is 259. The third-order valence-corrected chi connectivity index (χ3v) is 4.82. The van der Waals surface area contributed by atoms with E-state index in [4.69, 9.17) is 0 Å². The van der Waals surface area contributed by atoms with Crippen molar-refractivity contribution in [1.82, 2.24) is 19.6 Å². The van der Waals surface area contributed by atoms with Gasteiger partial charge in [-0.25, -0.2) is 0 Å². The van der Waals surface area contributed by atoms with Crippen LogP contribution in [0.1, 0.15) is 25.7 Å². The van der Waals surface area contributed by atoms with E-state index in [2.05, 4.69) is 33.7 Å². The zero-order valence-electron chi connectivity index (χ0n) is 13.7. The van der Waals surface area contributed by atoms with E-state index in [-0.39, 0.29) is 0 Å². The summed E-state index contributed by atoms with van der Waals surface area (Å²) in [6.07, 6.45) is 5.37. The molecule has 2 atom stereocenters. The van der Waals surface area contributed by atoms with Gasteiger partial charge in [-0.1, -0.05) is 0 Å². The first-order chi connectivity index (χ1) is 9.74. The van der Waals surface area contributed by atoms with Crippen LogP contribution in [0.15, 0.2) is 0 Å². The van der Waals surface area contributed by atoms with Crippen LogP contribution in [0, 0.1) is 0 Å². The predicted molar refractivity (Wildman–Crippen MR) is 86.3 cm³/mol. The lowest BCUT2D eigenvalue weighted by molar-refractivity contribution is 0.149. The molecule has 2 unspecified atom stereocenters. The summed E-state index contributed by atoms with van der Waals surface area (Å²) >= 11 is 0. The van der Waals surface area contributed by atoms with Crippen molar-refractivity contribution in [3.05, 3.63) is 0 Å². The highest BCUT2D eigenvalue weighted by Crippen LogP contribution is 2.05. The summed E-state index contributed by atoms with van der Waals surface area (Å²) in [5, 5.41) is 0. The first-order valence-corrected chi connectivity index (χ1v) is 8.56. The minimum Gasteiger partial charge on any atom is -0.306 e. The normalized spacial score (nSPS) is 33.3. The van der Waals surface area contributed by atoms with Crippen molar-refractivity contribution < 1.29 is 0 Å². The van der Waals surface area contributed by atoms with Gasteiger partial charge in [0.15, 0.2) is 0 Å². The van der Waals surface area contributed by atoms with Gasteiger partial charge in [0.2, 0.25) is 0 Å². The summed E-state index contributed by atoms with van der Waals surface area (Å²) < 4.78 is 0. The van der Waals surface area contributed by atoms with E-state index in [1.54, 1.807) is 0 Å². The van der Waals surface area contributed by atoms with E-state index >= 15 is 0 Å². The van der Waals surface area contributed by atoms with Gasteiger partial charge in [-0.3, -0.25) is 0 Å². The van der Waals surface area contributed by atoms with Gasteiger partial charge in [0.1, 0.15) is 0 Å². The molecular formula is C16H34N4. The first-order valence-electron chi connectivity index (χ1n) is 8.56. The molecule has 0 aliphatic carbocycles. The smallest absolute Gasteiger partial charge is 0.0110 e. The molecule has 0 amide bonds. The molecule has 0 N–H and O–H groups in total. The lowest BCUT2D eigenvalue weighted by atomic mass is 10.2. The van der Waals surface area contributed by atoms with Crippen molar-refractivity contribution in [1.29, 1.82) is 0 Å². The molecule has 0 radical (unpaired) electrons. The van der Waals surface area contributed by atoms with Crippen molar-refractivity contribution >= 4 is 0 Å². The Morgan fingerprint density at radius 3 is 1.50 bits per heavy atom. The highest BCUT2D eigenvalue weighted by atomic mass is 15.2. The zero-order valence-corrected chi connectivity index (χ0v) is 13.7. The standard InChI is InChI=1S/C16H34N4/c1-17-7-3-4-10-19-11-6-9-18(2)13-14-20(16-15-19)12-5-8-17/h3-16H2,1-2H3. The van der Waals surface area contributed by atoms with Gasteiger partial charge in [-0.2, -0.15) is 0 Å². The number of hydrogen-bond donors (Lipinski definition) is 0. The molecule has 2 aliphatic rings. The van der Waals surface area contributed by atoms with Crippen LogP contribution in [0.25, 0.3) is 0 Å². The third-order valence-electron chi connectivity index (χ3n) is 4.82. The van der Waals surface area contributed by atoms with Crippen LogP contribution < -0.4 is 0 Å². The maximum absolute atomic E-state index is 2.70. The lowest BCUT2D eigenvalue weighted by Crippen LogP contribution is -2.43. The van der Waals surface area contributed by atoms with Crippen LogP contribution in [-0.4, -0.2) is 99.1 Å². The molecule has 0 aromatic carbocycles. The van der Waals surface area contributed by atoms with E-state index in [1.165, 1.54) is 91.1 Å². The molecule has 2 bridgehead atoms. The number of rotatable bonds is 0. The van der Waals surface area contributed by atoms with Crippen molar-refractivity contribution in [2.24, 2.45) is 0 Å². The molecule has 2 aliphatic heterocycles. The fourth-order valence-corrected chi connectivity index (χ4v) is 3.34. The summed E-state index contributed by atoms with van der Waals surface area (Å²) in [4.78, 5) is 10.4. The second-order valence-electron chi connectivity index (χ2n) is 6.70. The predicted octanol–water partition coefficient (Wildman–Crippen LogP) is 1.04. The van der Waals surface area contributed by atoms with E-state index in [0.717, 1.165) is 0 Å². The first kappa shape index (κ1) is 16.2. The molecular weight excluding hydrogens is 248 g/mol. The Morgan fingerprint density at radius 1 is 0.400 bits per heavy atom. The maximum Gasteiger partial charge on any atom is 0.0110 e. The molecule has 2 rings (SSSR count). The SMILES string of the molecule is CN1CCCCN2CCCN(C)CCN(CCC1)CC2. The number of likely N-dealkylation sites (N-methyl/N-ethyl adjacent to an activating group) is 1. The molecule has 2 fully saturated rings. The summed E-state index contributed by atoms with van der Waals surface area (Å²) in [6.45, 7) is 12.7. The maximum atomic E-state index is 2.70. The number of hydrogen-bond acceptors (Lipinski definition) is 4. The highest BCUT2D eigenvalue weighted by Gasteiger charge is 2.14. The average Bonchev–Trinajstić information content (AvgIpc) is 2.43. The highest BCUT2D eigenvalue weighted by molar-refractivity contribution is 4.70. The summed E-state index contributed by atoms with van der Waals surface area (Å²) in [5.41, 5.74) is 0. The topological polar surface area (TPSA) is 13.0 Å². The van der Waals surface area contributed by atoms with Crippen LogP contribution in [0.3, 0.4) is 0 Å². The van der Waals surface area contributed by atoms with Crippen LogP contribution in [0.5, 0.6) is 0 Å². The van der Waals surface area contributed by atoms with Gasteiger partial charge >= 0.3 is 0 Å². The van der Waals surface area contributed by atoms with Gasteiger partial charge < -0.3 is 19.6 Å². The van der Waals surface area contributed by atoms with Gasteiger partial charge in [0.25, 0.3) is 0 Å². The summed E-state index contributed by atoms with van der Waals surface area (Å²) in [6, 6.07) is 0. The molecule has 0 aromatic rings. The van der Waals surface area contributed by atoms with Gasteiger partial charge in [0.05, 0.1) is 0 Å². The number of fused-ring (bicyclic) bond motifs is 3. The average molecular weight is 282 g/mol. The molecule has 118 valence electrons. The van der Waals surface area contributed by atoms with Crippen molar-refractivity contribution in [3.8, 4) is 0 Å². The van der Waals surface area contributed by atoms with Crippen molar-refractivity contribution in [2.45, 2.75) is 25.7 Å². The second-order valence-corrected chi connectivity index (χ2v) is 6.70. The summed E-state index contributed by atoms with van der Waals surface area (Å²) in [5.74, 6) is 0. The molecule has 0 aromatic heterocycles. The lowest BCUT2D eigenvalue weighted by Gasteiger charge is -2.32. The number of nitrogens with zero attached hydrogens (tertiary/aromatic N) is 4. The Hall–Kier alpha value is -0.160. The fraction of sp³-hybridized carbons (Fsp3) is 1.00. The second kappa shape index (κ2) is 8.98. The van der Waals surface area contributed by atoms with E-state index in [1.807, 2.05) is 0 Å². The Kier molecular flexibility index (Phi) is 7.28. The van der Waals surface area contributed by atoms with Gasteiger partial charge in [-0.05, 0) is 79.0 Å². The fourth-order valence-electron chi connectivity index (χ4n) is 3.34. The van der Waals surface area contributed by atoms with Crippen LogP contribution in [0.4, 0.5) is 0 Å². The third kappa shape index (κ3) is 6.08. The van der Waals surface area contributed by atoms with Crippen molar-refractivity contribution in [2.75, 3.05) is 79.5 Å². The van der Waals surface area contributed by atoms with E-state index < -0.39 is 0 Å². The van der Waals surface area contributed by atoms with Gasteiger partial charge in [-0.15, -0.1) is 0 Å². The monoisotopic (exact) mass is 282 g/mol. The van der Waals surface area contributed by atoms with E-state index in [9.17, 15) is 0 Å². The minimum atomic E-state index is 1.23. The Balaban J connectivity index is 1.92. The molecule has 2 heterocycles. The molecule has 4 nitrogen and oxygen atoms in total. The van der Waals surface area contributed by atoms with Crippen molar-refractivity contribution in [3.63, 3.8) is 0 Å².